The Morgan fingerprint density at radius 3 is 2.82 bits per heavy atom. The van der Waals surface area contributed by atoms with E-state index in [9.17, 15) is 9.59 Å². The Labute approximate surface area is 162 Å². The Kier molecular flexibility index (Phi) is 5.02. The number of nitrogens with one attached hydrogen (secondary N) is 1. The highest BCUT2D eigenvalue weighted by molar-refractivity contribution is 6.07. The second-order valence-electron chi connectivity index (χ2n) is 6.83. The molecular formula is C22H21NO5. The van der Waals surface area contributed by atoms with Gasteiger partial charge in [0, 0.05) is 16.8 Å². The molecule has 1 aromatic heterocycles. The molecule has 144 valence electrons. The van der Waals surface area contributed by atoms with Gasteiger partial charge < -0.3 is 19.2 Å². The molecule has 0 bridgehead atoms. The fraction of sp³-hybridized carbons (Fsp3) is 0.273. The van der Waals surface area contributed by atoms with E-state index < -0.39 is 5.91 Å². The zero-order chi connectivity index (χ0) is 19.5. The van der Waals surface area contributed by atoms with Crippen LogP contribution in [0.25, 0.3) is 21.9 Å². The minimum absolute atomic E-state index is 0.214. The van der Waals surface area contributed by atoms with E-state index in [2.05, 4.69) is 11.4 Å². The van der Waals surface area contributed by atoms with Gasteiger partial charge in [0.25, 0.3) is 5.91 Å². The van der Waals surface area contributed by atoms with Crippen LogP contribution in [0.4, 0.5) is 5.69 Å². The van der Waals surface area contributed by atoms with Gasteiger partial charge in [-0.05, 0) is 30.9 Å². The summed E-state index contributed by atoms with van der Waals surface area (Å²) in [7, 11) is 1.54. The van der Waals surface area contributed by atoms with Gasteiger partial charge in [0.1, 0.15) is 16.9 Å². The first-order valence-electron chi connectivity index (χ1n) is 9.25. The summed E-state index contributed by atoms with van der Waals surface area (Å²) in [6, 6.07) is 11.2. The predicted molar refractivity (Wildman–Crippen MR) is 106 cm³/mol. The first-order valence-corrected chi connectivity index (χ1v) is 9.25. The van der Waals surface area contributed by atoms with Crippen molar-refractivity contribution in [2.45, 2.75) is 19.3 Å². The van der Waals surface area contributed by atoms with Crippen molar-refractivity contribution in [3.63, 3.8) is 0 Å². The van der Waals surface area contributed by atoms with Crippen molar-refractivity contribution < 1.29 is 23.5 Å². The highest BCUT2D eigenvalue weighted by atomic mass is 16.5. The van der Waals surface area contributed by atoms with Crippen molar-refractivity contribution in [1.29, 1.82) is 0 Å². The van der Waals surface area contributed by atoms with Gasteiger partial charge in [0.05, 0.1) is 19.2 Å². The molecule has 1 aliphatic carbocycles. The maximum absolute atomic E-state index is 12.2. The van der Waals surface area contributed by atoms with Crippen LogP contribution >= 0.6 is 0 Å². The molecule has 0 fully saturated rings. The predicted octanol–water partition coefficient (Wildman–Crippen LogP) is 4.43. The minimum Gasteiger partial charge on any atom is -0.495 e. The number of amides is 1. The molecule has 0 aliphatic heterocycles. The lowest BCUT2D eigenvalue weighted by molar-refractivity contribution is -0.147. The van der Waals surface area contributed by atoms with Crippen molar-refractivity contribution >= 4 is 39.5 Å². The molecule has 0 spiro atoms. The number of hydrogen-bond acceptors (Lipinski definition) is 5. The van der Waals surface area contributed by atoms with Crippen LogP contribution in [0.3, 0.4) is 0 Å². The normalized spacial score (nSPS) is 15.8. The van der Waals surface area contributed by atoms with Gasteiger partial charge >= 0.3 is 5.97 Å². The number of furan rings is 1. The van der Waals surface area contributed by atoms with Gasteiger partial charge in [-0.15, -0.1) is 0 Å². The average molecular weight is 379 g/mol. The van der Waals surface area contributed by atoms with Crippen LogP contribution in [0.2, 0.25) is 0 Å². The largest absolute Gasteiger partial charge is 0.495 e. The molecule has 0 saturated carbocycles. The summed E-state index contributed by atoms with van der Waals surface area (Å²) in [5.41, 5.74) is 1.87. The molecule has 1 aliphatic rings. The van der Waals surface area contributed by atoms with E-state index in [0.29, 0.717) is 23.4 Å². The second-order valence-corrected chi connectivity index (χ2v) is 6.83. The highest BCUT2D eigenvalue weighted by Gasteiger charge is 2.17. The van der Waals surface area contributed by atoms with E-state index in [0.717, 1.165) is 29.2 Å². The third-order valence-corrected chi connectivity index (χ3v) is 4.88. The molecular weight excluding hydrogens is 358 g/mol. The van der Waals surface area contributed by atoms with Gasteiger partial charge in [-0.2, -0.15) is 0 Å². The first-order chi connectivity index (χ1) is 13.6. The van der Waals surface area contributed by atoms with Crippen molar-refractivity contribution in [3.05, 3.63) is 48.6 Å². The number of hydrogen-bond donors (Lipinski definition) is 1. The zero-order valence-corrected chi connectivity index (χ0v) is 15.6. The SMILES string of the molecule is COc1cc2c(cc1NC(=O)COC(=O)C[C@H]1C=CCC1)oc1ccccc12. The molecule has 1 heterocycles. The third-order valence-electron chi connectivity index (χ3n) is 4.88. The topological polar surface area (TPSA) is 77.8 Å². The summed E-state index contributed by atoms with van der Waals surface area (Å²) in [4.78, 5) is 24.1. The maximum Gasteiger partial charge on any atom is 0.306 e. The number of esters is 1. The molecule has 0 saturated heterocycles. The Bertz CT molecular complexity index is 1070. The van der Waals surface area contributed by atoms with E-state index in [1.54, 1.807) is 6.07 Å². The quantitative estimate of drug-likeness (QED) is 0.506. The van der Waals surface area contributed by atoms with E-state index in [1.807, 2.05) is 36.4 Å². The number of ether oxygens (including phenoxy) is 2. The number of carbonyl (C=O) groups is 2. The number of para-hydroxylation sites is 1. The number of fused-ring (bicyclic) bond motifs is 3. The summed E-state index contributed by atoms with van der Waals surface area (Å²) in [5, 5.41) is 4.61. The molecule has 28 heavy (non-hydrogen) atoms. The highest BCUT2D eigenvalue weighted by Crippen LogP contribution is 2.36. The number of allylic oxidation sites excluding steroid dienone is 2. The molecule has 0 radical (unpaired) electrons. The standard InChI is InChI=1S/C22H21NO5/c1-26-20-11-16-15-8-4-5-9-18(15)28-19(16)12-17(20)23-21(24)13-27-22(25)10-14-6-2-3-7-14/h2,4-6,8-9,11-12,14H,3,7,10,13H2,1H3,(H,23,24)/t14-/m0/s1. The number of benzene rings is 2. The fourth-order valence-corrected chi connectivity index (χ4v) is 3.49. The maximum atomic E-state index is 12.2. The molecule has 1 atom stereocenters. The van der Waals surface area contributed by atoms with Crippen LogP contribution in [0.5, 0.6) is 5.75 Å². The Hall–Kier alpha value is -3.28. The van der Waals surface area contributed by atoms with Crippen LogP contribution in [-0.2, 0) is 14.3 Å². The van der Waals surface area contributed by atoms with E-state index >= 15 is 0 Å². The molecule has 1 amide bonds. The van der Waals surface area contributed by atoms with Gasteiger partial charge in [-0.25, -0.2) is 0 Å². The molecule has 1 N–H and O–H groups in total. The van der Waals surface area contributed by atoms with Crippen LogP contribution in [0.1, 0.15) is 19.3 Å². The van der Waals surface area contributed by atoms with Crippen LogP contribution in [0.15, 0.2) is 53.0 Å². The van der Waals surface area contributed by atoms with Crippen molar-refractivity contribution in [3.8, 4) is 5.75 Å². The zero-order valence-electron chi connectivity index (χ0n) is 15.6. The molecule has 3 aromatic rings. The van der Waals surface area contributed by atoms with Gasteiger partial charge in [0.15, 0.2) is 6.61 Å². The summed E-state index contributed by atoms with van der Waals surface area (Å²) in [6.45, 7) is -0.337. The van der Waals surface area contributed by atoms with Gasteiger partial charge in [-0.3, -0.25) is 9.59 Å². The lowest BCUT2D eigenvalue weighted by Gasteiger charge is -2.11. The Morgan fingerprint density at radius 1 is 1.18 bits per heavy atom. The summed E-state index contributed by atoms with van der Waals surface area (Å²) in [5.74, 6) is -0.0727. The summed E-state index contributed by atoms with van der Waals surface area (Å²) >= 11 is 0. The average Bonchev–Trinajstić information content (AvgIpc) is 3.32. The molecule has 4 rings (SSSR count). The van der Waals surface area contributed by atoms with Crippen molar-refractivity contribution in [1.82, 2.24) is 0 Å². The molecule has 0 unspecified atom stereocenters. The summed E-state index contributed by atoms with van der Waals surface area (Å²) < 4.78 is 16.4. The first kappa shape index (κ1) is 18.1. The fourth-order valence-electron chi connectivity index (χ4n) is 3.49. The molecule has 2 aromatic carbocycles. The van der Waals surface area contributed by atoms with Gasteiger partial charge in [-0.1, -0.05) is 30.4 Å². The van der Waals surface area contributed by atoms with E-state index in [1.165, 1.54) is 7.11 Å². The second kappa shape index (κ2) is 7.76. The van der Waals surface area contributed by atoms with E-state index in [-0.39, 0.29) is 18.5 Å². The van der Waals surface area contributed by atoms with E-state index in [4.69, 9.17) is 13.9 Å². The lowest BCUT2D eigenvalue weighted by Crippen LogP contribution is -2.21. The van der Waals surface area contributed by atoms with Crippen LogP contribution < -0.4 is 10.1 Å². The third kappa shape index (κ3) is 3.71. The number of anilines is 1. The van der Waals surface area contributed by atoms with Crippen molar-refractivity contribution in [2.75, 3.05) is 19.0 Å². The Balaban J connectivity index is 1.45. The number of rotatable bonds is 6. The van der Waals surface area contributed by atoms with Crippen molar-refractivity contribution in [2.24, 2.45) is 5.92 Å². The Morgan fingerprint density at radius 2 is 2.04 bits per heavy atom. The minimum atomic E-state index is -0.427. The number of methoxy groups -OCH3 is 1. The molecule has 6 heteroatoms. The van der Waals surface area contributed by atoms with Gasteiger partial charge in [0.2, 0.25) is 0 Å². The van der Waals surface area contributed by atoms with Crippen LogP contribution in [0, 0.1) is 5.92 Å². The smallest absolute Gasteiger partial charge is 0.306 e. The van der Waals surface area contributed by atoms with Crippen LogP contribution in [-0.4, -0.2) is 25.6 Å². The lowest BCUT2D eigenvalue weighted by atomic mass is 10.1. The monoisotopic (exact) mass is 379 g/mol. The number of carbonyl (C=O) groups excluding carboxylic acids is 2. The molecule has 6 nitrogen and oxygen atoms in total. The summed E-state index contributed by atoms with van der Waals surface area (Å²) in [6.07, 6.45) is 6.33.